The molecule has 1 aliphatic carbocycles. The number of amides is 3. The molecule has 0 saturated heterocycles. The van der Waals surface area contributed by atoms with Gasteiger partial charge in [-0.15, -0.1) is 0 Å². The highest BCUT2D eigenvalue weighted by Crippen LogP contribution is 2.16. The van der Waals surface area contributed by atoms with E-state index in [0.29, 0.717) is 25.7 Å². The molecule has 0 aromatic carbocycles. The number of hydrogen-bond acceptors (Lipinski definition) is 3. The molecule has 16 heavy (non-hydrogen) atoms. The van der Waals surface area contributed by atoms with Crippen LogP contribution in [-0.2, 0) is 4.79 Å². The van der Waals surface area contributed by atoms with Gasteiger partial charge in [0.1, 0.15) is 0 Å². The van der Waals surface area contributed by atoms with Crippen molar-refractivity contribution < 1.29 is 9.59 Å². The highest BCUT2D eigenvalue weighted by molar-refractivity contribution is 5.78. The molecule has 0 bridgehead atoms. The second-order valence-electron chi connectivity index (χ2n) is 4.00. The first-order valence-corrected chi connectivity index (χ1v) is 5.72. The minimum Gasteiger partial charge on any atom is -0.353 e. The van der Waals surface area contributed by atoms with Gasteiger partial charge in [0.2, 0.25) is 5.91 Å². The lowest BCUT2D eigenvalue weighted by molar-refractivity contribution is -0.120. The topological polar surface area (TPSA) is 96.2 Å². The quantitative estimate of drug-likeness (QED) is 0.453. The van der Waals surface area contributed by atoms with Crippen LogP contribution < -0.4 is 21.7 Å². The zero-order valence-electron chi connectivity index (χ0n) is 9.42. The highest BCUT2D eigenvalue weighted by atomic mass is 16.2. The lowest BCUT2D eigenvalue weighted by Crippen LogP contribution is -2.41. The van der Waals surface area contributed by atoms with Crippen molar-refractivity contribution in [2.75, 3.05) is 19.6 Å². The van der Waals surface area contributed by atoms with Gasteiger partial charge in [-0.3, -0.25) is 4.79 Å². The third-order valence-electron chi connectivity index (χ3n) is 2.65. The van der Waals surface area contributed by atoms with Crippen molar-refractivity contribution in [2.24, 2.45) is 5.73 Å². The minimum atomic E-state index is -0.571. The van der Waals surface area contributed by atoms with Gasteiger partial charge in [0.15, 0.2) is 0 Å². The number of carbonyl (C=O) groups excluding carboxylic acids is 2. The smallest absolute Gasteiger partial charge is 0.312 e. The summed E-state index contributed by atoms with van der Waals surface area (Å²) < 4.78 is 0. The van der Waals surface area contributed by atoms with Crippen molar-refractivity contribution in [3.8, 4) is 0 Å². The van der Waals surface area contributed by atoms with Crippen LogP contribution in [0.1, 0.15) is 25.7 Å². The van der Waals surface area contributed by atoms with Crippen molar-refractivity contribution in [2.45, 2.75) is 31.7 Å². The summed E-state index contributed by atoms with van der Waals surface area (Å²) in [6.07, 6.45) is 4.83. The molecular weight excluding hydrogens is 208 g/mol. The molecule has 1 rings (SSSR count). The Morgan fingerprint density at radius 2 is 1.75 bits per heavy atom. The summed E-state index contributed by atoms with van der Waals surface area (Å²) in [6.45, 7) is 1.12. The van der Waals surface area contributed by atoms with Gasteiger partial charge in [-0.05, 0) is 12.8 Å². The average Bonchev–Trinajstić information content (AvgIpc) is 2.74. The standard InChI is InChI=1S/C10H20N4O2/c11-10(16)13-6-5-12-9(15)7-14-8-3-1-2-4-8/h8,14H,1-7H2,(H,12,15)(H3,11,13,16). The fraction of sp³-hybridized carbons (Fsp3) is 0.800. The van der Waals surface area contributed by atoms with Crippen LogP contribution in [0.4, 0.5) is 4.79 Å². The molecule has 3 amide bonds. The predicted octanol–water partition coefficient (Wildman–Crippen LogP) is -0.697. The maximum Gasteiger partial charge on any atom is 0.312 e. The average molecular weight is 228 g/mol. The lowest BCUT2D eigenvalue weighted by Gasteiger charge is -2.11. The molecule has 6 nitrogen and oxygen atoms in total. The van der Waals surface area contributed by atoms with Crippen molar-refractivity contribution in [3.05, 3.63) is 0 Å². The summed E-state index contributed by atoms with van der Waals surface area (Å²) in [7, 11) is 0. The first kappa shape index (κ1) is 12.8. The number of primary amides is 1. The van der Waals surface area contributed by atoms with Gasteiger partial charge in [0.25, 0.3) is 0 Å². The molecule has 0 aromatic rings. The molecule has 0 radical (unpaired) electrons. The fourth-order valence-corrected chi connectivity index (χ4v) is 1.82. The van der Waals surface area contributed by atoms with E-state index >= 15 is 0 Å². The molecule has 0 atom stereocenters. The van der Waals surface area contributed by atoms with Crippen LogP contribution in [0.25, 0.3) is 0 Å². The third-order valence-corrected chi connectivity index (χ3v) is 2.65. The van der Waals surface area contributed by atoms with Crippen LogP contribution >= 0.6 is 0 Å². The van der Waals surface area contributed by atoms with E-state index in [2.05, 4.69) is 16.0 Å². The number of nitrogens with one attached hydrogen (secondary N) is 3. The monoisotopic (exact) mass is 228 g/mol. The predicted molar refractivity (Wildman–Crippen MR) is 60.9 cm³/mol. The maximum atomic E-state index is 11.3. The Hall–Kier alpha value is -1.30. The molecule has 6 heteroatoms. The summed E-state index contributed by atoms with van der Waals surface area (Å²) in [5.74, 6) is -0.0434. The Morgan fingerprint density at radius 3 is 2.38 bits per heavy atom. The van der Waals surface area contributed by atoms with Gasteiger partial charge in [0, 0.05) is 19.1 Å². The van der Waals surface area contributed by atoms with Gasteiger partial charge in [-0.2, -0.15) is 0 Å². The molecule has 0 heterocycles. The Kier molecular flexibility index (Phi) is 5.63. The molecule has 92 valence electrons. The third kappa shape index (κ3) is 5.55. The zero-order chi connectivity index (χ0) is 11.8. The molecular formula is C10H20N4O2. The first-order valence-electron chi connectivity index (χ1n) is 5.72. The van der Waals surface area contributed by atoms with Gasteiger partial charge >= 0.3 is 6.03 Å². The second-order valence-corrected chi connectivity index (χ2v) is 4.00. The summed E-state index contributed by atoms with van der Waals surface area (Å²) in [4.78, 5) is 21.7. The molecule has 1 fully saturated rings. The maximum absolute atomic E-state index is 11.3. The van der Waals surface area contributed by atoms with Gasteiger partial charge in [0.05, 0.1) is 6.54 Å². The number of nitrogens with two attached hydrogens (primary N) is 1. The van der Waals surface area contributed by atoms with Crippen molar-refractivity contribution in [1.29, 1.82) is 0 Å². The fourth-order valence-electron chi connectivity index (χ4n) is 1.82. The molecule has 0 aromatic heterocycles. The highest BCUT2D eigenvalue weighted by Gasteiger charge is 2.14. The van der Waals surface area contributed by atoms with Crippen LogP contribution in [0, 0.1) is 0 Å². The van der Waals surface area contributed by atoms with Crippen LogP contribution in [0.5, 0.6) is 0 Å². The van der Waals surface area contributed by atoms with Gasteiger partial charge < -0.3 is 21.7 Å². The minimum absolute atomic E-state index is 0.0434. The SMILES string of the molecule is NC(=O)NCCNC(=O)CNC1CCCC1. The Labute approximate surface area is 95.3 Å². The zero-order valence-corrected chi connectivity index (χ0v) is 9.42. The van der Waals surface area contributed by atoms with Crippen LogP contribution in [0.3, 0.4) is 0 Å². The Bertz CT molecular complexity index is 239. The van der Waals surface area contributed by atoms with E-state index < -0.39 is 6.03 Å². The summed E-state index contributed by atoms with van der Waals surface area (Å²) in [5.41, 5.74) is 4.88. The molecule has 5 N–H and O–H groups in total. The van der Waals surface area contributed by atoms with E-state index in [1.807, 2.05) is 0 Å². The Balaban J connectivity index is 1.95. The van der Waals surface area contributed by atoms with Crippen LogP contribution in [-0.4, -0.2) is 37.6 Å². The molecule has 1 saturated carbocycles. The first-order chi connectivity index (χ1) is 7.68. The van der Waals surface area contributed by atoms with E-state index in [1.54, 1.807) is 0 Å². The molecule has 1 aliphatic rings. The molecule has 0 aliphatic heterocycles. The Morgan fingerprint density at radius 1 is 1.12 bits per heavy atom. The summed E-state index contributed by atoms with van der Waals surface area (Å²) in [5, 5.41) is 8.30. The summed E-state index contributed by atoms with van der Waals surface area (Å²) in [6, 6.07) is -0.0761. The number of carbonyl (C=O) groups is 2. The van der Waals surface area contributed by atoms with E-state index in [9.17, 15) is 9.59 Å². The van der Waals surface area contributed by atoms with Gasteiger partial charge in [-0.25, -0.2) is 4.79 Å². The molecule has 0 spiro atoms. The van der Waals surface area contributed by atoms with E-state index in [4.69, 9.17) is 5.73 Å². The van der Waals surface area contributed by atoms with Crippen LogP contribution in [0.2, 0.25) is 0 Å². The normalized spacial score (nSPS) is 16.0. The number of hydrogen-bond donors (Lipinski definition) is 4. The van der Waals surface area contributed by atoms with Crippen molar-refractivity contribution in [1.82, 2.24) is 16.0 Å². The number of rotatable bonds is 6. The van der Waals surface area contributed by atoms with E-state index in [-0.39, 0.29) is 5.91 Å². The van der Waals surface area contributed by atoms with Crippen molar-refractivity contribution >= 4 is 11.9 Å². The second kappa shape index (κ2) is 7.05. The number of urea groups is 1. The summed E-state index contributed by atoms with van der Waals surface area (Å²) >= 11 is 0. The largest absolute Gasteiger partial charge is 0.353 e. The van der Waals surface area contributed by atoms with Gasteiger partial charge in [-0.1, -0.05) is 12.8 Å². The van der Waals surface area contributed by atoms with E-state index in [1.165, 1.54) is 12.8 Å². The molecule has 0 unspecified atom stereocenters. The lowest BCUT2D eigenvalue weighted by atomic mass is 10.2. The van der Waals surface area contributed by atoms with E-state index in [0.717, 1.165) is 12.8 Å². The van der Waals surface area contributed by atoms with Crippen molar-refractivity contribution in [3.63, 3.8) is 0 Å². The van der Waals surface area contributed by atoms with Crippen LogP contribution in [0.15, 0.2) is 0 Å².